The van der Waals surface area contributed by atoms with E-state index < -0.39 is 0 Å². The molecule has 2 rings (SSSR count). The minimum atomic E-state index is -0.0786. The van der Waals surface area contributed by atoms with Crippen LogP contribution in [0, 0.1) is 0 Å². The van der Waals surface area contributed by atoms with Crippen LogP contribution < -0.4 is 4.74 Å². The van der Waals surface area contributed by atoms with E-state index in [0.29, 0.717) is 13.0 Å². The van der Waals surface area contributed by atoms with E-state index in [1.165, 1.54) is 0 Å². The zero-order chi connectivity index (χ0) is 10.5. The smallest absolute Gasteiger partial charge is 0.127 e. The molecule has 0 heterocycles. The summed E-state index contributed by atoms with van der Waals surface area (Å²) in [6.45, 7) is 0.419. The van der Waals surface area contributed by atoms with Gasteiger partial charge in [-0.1, -0.05) is 36.4 Å². The maximum atomic E-state index is 10.3. The van der Waals surface area contributed by atoms with E-state index in [0.717, 1.165) is 16.5 Å². The molecular formula is C13H13O2. The summed E-state index contributed by atoms with van der Waals surface area (Å²) in [5.41, 5.74) is 0. The summed E-state index contributed by atoms with van der Waals surface area (Å²) in [7, 11) is 0. The molecule has 0 N–H and O–H groups in total. The number of hydrogen-bond acceptors (Lipinski definition) is 1. The van der Waals surface area contributed by atoms with Crippen molar-refractivity contribution in [3.63, 3.8) is 0 Å². The van der Waals surface area contributed by atoms with Crippen LogP contribution in [0.25, 0.3) is 10.8 Å². The Hall–Kier alpha value is -1.54. The topological polar surface area (TPSA) is 29.1 Å². The third-order valence-electron chi connectivity index (χ3n) is 2.30. The lowest BCUT2D eigenvalue weighted by Crippen LogP contribution is -1.99. The minimum absolute atomic E-state index is 0.0786. The molecule has 0 spiro atoms. The van der Waals surface area contributed by atoms with Crippen molar-refractivity contribution in [1.82, 2.24) is 0 Å². The summed E-state index contributed by atoms with van der Waals surface area (Å²) < 4.78 is 5.56. The highest BCUT2D eigenvalue weighted by molar-refractivity contribution is 5.88. The van der Waals surface area contributed by atoms with Crippen molar-refractivity contribution >= 4 is 10.8 Å². The van der Waals surface area contributed by atoms with Gasteiger partial charge >= 0.3 is 0 Å². The molecule has 2 nitrogen and oxygen atoms in total. The van der Waals surface area contributed by atoms with Crippen LogP contribution in [0.4, 0.5) is 0 Å². The second-order valence-electron chi connectivity index (χ2n) is 3.38. The first-order valence-electron chi connectivity index (χ1n) is 5.10. The van der Waals surface area contributed by atoms with Gasteiger partial charge in [0.25, 0.3) is 0 Å². The Morgan fingerprint density at radius 1 is 1.00 bits per heavy atom. The van der Waals surface area contributed by atoms with Crippen molar-refractivity contribution in [2.24, 2.45) is 0 Å². The number of benzene rings is 2. The molecule has 15 heavy (non-hydrogen) atoms. The molecule has 0 unspecified atom stereocenters. The van der Waals surface area contributed by atoms with Crippen LogP contribution >= 0.6 is 0 Å². The molecule has 77 valence electrons. The number of ether oxygens (including phenoxy) is 1. The van der Waals surface area contributed by atoms with Crippen molar-refractivity contribution in [3.05, 3.63) is 42.5 Å². The molecule has 0 aliphatic heterocycles. The molecule has 0 aliphatic carbocycles. The quantitative estimate of drug-likeness (QED) is 0.699. The Morgan fingerprint density at radius 2 is 1.80 bits per heavy atom. The standard InChI is InChI=1S/C13H13O2/c14-9-4-10-15-13-8-3-6-11-5-1-2-7-12(11)13/h1-3,5-8H,4,9-10H2. The van der Waals surface area contributed by atoms with Gasteiger partial charge in [0.15, 0.2) is 0 Å². The second kappa shape index (κ2) is 4.80. The molecule has 2 aromatic rings. The molecule has 0 bridgehead atoms. The molecule has 0 atom stereocenters. The van der Waals surface area contributed by atoms with Crippen LogP contribution in [-0.2, 0) is 5.11 Å². The molecule has 0 fully saturated rings. The summed E-state index contributed by atoms with van der Waals surface area (Å²) in [6, 6.07) is 14.0. The predicted octanol–water partition coefficient (Wildman–Crippen LogP) is 3.04. The van der Waals surface area contributed by atoms with Gasteiger partial charge in [-0.2, -0.15) is 0 Å². The van der Waals surface area contributed by atoms with Crippen molar-refractivity contribution < 1.29 is 9.84 Å². The Morgan fingerprint density at radius 3 is 2.67 bits per heavy atom. The van der Waals surface area contributed by atoms with Crippen LogP contribution in [0.15, 0.2) is 42.5 Å². The number of fused-ring (bicyclic) bond motifs is 1. The van der Waals surface area contributed by atoms with Gasteiger partial charge in [0.1, 0.15) is 5.75 Å². The fraction of sp³-hybridized carbons (Fsp3) is 0.231. The van der Waals surface area contributed by atoms with Crippen molar-refractivity contribution in [2.75, 3.05) is 13.2 Å². The monoisotopic (exact) mass is 201 g/mol. The summed E-state index contributed by atoms with van der Waals surface area (Å²) in [5.74, 6) is 0.863. The van der Waals surface area contributed by atoms with E-state index >= 15 is 0 Å². The Kier molecular flexibility index (Phi) is 3.20. The van der Waals surface area contributed by atoms with Gasteiger partial charge in [-0.15, -0.1) is 0 Å². The first-order valence-corrected chi connectivity index (χ1v) is 5.10. The van der Waals surface area contributed by atoms with Gasteiger partial charge in [0.05, 0.1) is 13.2 Å². The molecule has 0 aromatic heterocycles. The Balaban J connectivity index is 2.26. The summed E-state index contributed by atoms with van der Waals surface area (Å²) in [5, 5.41) is 12.6. The lowest BCUT2D eigenvalue weighted by atomic mass is 10.1. The van der Waals surface area contributed by atoms with Crippen molar-refractivity contribution in [3.8, 4) is 5.75 Å². The highest BCUT2D eigenvalue weighted by Gasteiger charge is 1.99. The third kappa shape index (κ3) is 2.28. The highest BCUT2D eigenvalue weighted by atomic mass is 16.5. The zero-order valence-electron chi connectivity index (χ0n) is 8.48. The van der Waals surface area contributed by atoms with E-state index in [1.807, 2.05) is 30.3 Å². The molecule has 2 heteroatoms. The number of rotatable bonds is 4. The van der Waals surface area contributed by atoms with Gasteiger partial charge in [-0.3, -0.25) is 0 Å². The second-order valence-corrected chi connectivity index (χ2v) is 3.38. The van der Waals surface area contributed by atoms with Gasteiger partial charge in [-0.25, -0.2) is 5.11 Å². The number of hydrogen-bond donors (Lipinski definition) is 0. The SMILES string of the molecule is [O]CCCOc1cccc2ccccc12. The highest BCUT2D eigenvalue weighted by Crippen LogP contribution is 2.24. The fourth-order valence-corrected chi connectivity index (χ4v) is 1.56. The molecule has 2 aromatic carbocycles. The lowest BCUT2D eigenvalue weighted by Gasteiger charge is -2.07. The van der Waals surface area contributed by atoms with Crippen LogP contribution in [0.3, 0.4) is 0 Å². The average molecular weight is 201 g/mol. The molecule has 1 radical (unpaired) electrons. The van der Waals surface area contributed by atoms with E-state index in [-0.39, 0.29) is 6.61 Å². The zero-order valence-corrected chi connectivity index (χ0v) is 8.48. The van der Waals surface area contributed by atoms with Gasteiger partial charge in [0, 0.05) is 11.8 Å². The van der Waals surface area contributed by atoms with Gasteiger partial charge in [0.2, 0.25) is 0 Å². The maximum absolute atomic E-state index is 10.3. The first-order chi connectivity index (χ1) is 7.42. The van der Waals surface area contributed by atoms with Gasteiger partial charge in [-0.05, 0) is 11.5 Å². The normalized spacial score (nSPS) is 10.5. The van der Waals surface area contributed by atoms with E-state index in [9.17, 15) is 5.11 Å². The van der Waals surface area contributed by atoms with E-state index in [1.54, 1.807) is 0 Å². The average Bonchev–Trinajstić information content (AvgIpc) is 2.30. The molecule has 0 amide bonds. The first kappa shape index (κ1) is 9.99. The predicted molar refractivity (Wildman–Crippen MR) is 59.6 cm³/mol. The minimum Gasteiger partial charge on any atom is -0.493 e. The van der Waals surface area contributed by atoms with E-state index in [2.05, 4.69) is 12.1 Å². The Labute approximate surface area is 89.1 Å². The third-order valence-corrected chi connectivity index (χ3v) is 2.30. The summed E-state index contributed by atoms with van der Waals surface area (Å²) in [6.07, 6.45) is 0.559. The summed E-state index contributed by atoms with van der Waals surface area (Å²) >= 11 is 0. The molecule has 0 aliphatic rings. The molecular weight excluding hydrogens is 188 g/mol. The van der Waals surface area contributed by atoms with Crippen LogP contribution in [-0.4, -0.2) is 13.2 Å². The Bertz CT molecular complexity index is 432. The maximum Gasteiger partial charge on any atom is 0.127 e. The molecule has 0 saturated heterocycles. The van der Waals surface area contributed by atoms with Crippen molar-refractivity contribution in [1.29, 1.82) is 0 Å². The van der Waals surface area contributed by atoms with Crippen LogP contribution in [0.1, 0.15) is 6.42 Å². The summed E-state index contributed by atoms with van der Waals surface area (Å²) in [4.78, 5) is 0. The van der Waals surface area contributed by atoms with Gasteiger partial charge < -0.3 is 4.74 Å². The van der Waals surface area contributed by atoms with Crippen LogP contribution in [0.2, 0.25) is 0 Å². The fourth-order valence-electron chi connectivity index (χ4n) is 1.56. The largest absolute Gasteiger partial charge is 0.493 e. The van der Waals surface area contributed by atoms with Crippen LogP contribution in [0.5, 0.6) is 5.75 Å². The molecule has 0 saturated carbocycles. The van der Waals surface area contributed by atoms with Crippen molar-refractivity contribution in [2.45, 2.75) is 6.42 Å². The van der Waals surface area contributed by atoms with E-state index in [4.69, 9.17) is 4.74 Å². The lowest BCUT2D eigenvalue weighted by molar-refractivity contribution is 0.166.